The van der Waals surface area contributed by atoms with Gasteiger partial charge in [0.05, 0.1) is 5.60 Å². The van der Waals surface area contributed by atoms with Crippen LogP contribution >= 0.6 is 0 Å². The summed E-state index contributed by atoms with van der Waals surface area (Å²) in [5.41, 5.74) is 2.65. The maximum absolute atomic E-state index is 5.64. The second-order valence-electron chi connectivity index (χ2n) is 4.39. The summed E-state index contributed by atoms with van der Waals surface area (Å²) in [6, 6.07) is 0.215. The molecule has 0 spiro atoms. The van der Waals surface area contributed by atoms with Crippen molar-refractivity contribution in [1.82, 2.24) is 5.43 Å². The van der Waals surface area contributed by atoms with E-state index in [1.165, 1.54) is 0 Å². The van der Waals surface area contributed by atoms with Gasteiger partial charge >= 0.3 is 0 Å². The van der Waals surface area contributed by atoms with E-state index >= 15 is 0 Å². The normalized spacial score (nSPS) is 15.0. The summed E-state index contributed by atoms with van der Waals surface area (Å²) in [5, 5.41) is 0. The number of nitrogens with two attached hydrogens (primary N) is 1. The fourth-order valence-electron chi connectivity index (χ4n) is 1.50. The van der Waals surface area contributed by atoms with E-state index in [9.17, 15) is 0 Å². The van der Waals surface area contributed by atoms with Crippen LogP contribution < -0.4 is 11.3 Å². The van der Waals surface area contributed by atoms with Crippen molar-refractivity contribution >= 4 is 0 Å². The third kappa shape index (κ3) is 4.60. The molecule has 0 saturated carbocycles. The molecule has 0 aliphatic carbocycles. The van der Waals surface area contributed by atoms with Gasteiger partial charge in [0.25, 0.3) is 0 Å². The van der Waals surface area contributed by atoms with Crippen LogP contribution in [0.5, 0.6) is 0 Å². The Bertz CT molecular complexity index is 135. The van der Waals surface area contributed by atoms with Gasteiger partial charge < -0.3 is 4.74 Å². The van der Waals surface area contributed by atoms with Gasteiger partial charge in [-0.2, -0.15) is 0 Å². The summed E-state index contributed by atoms with van der Waals surface area (Å²) in [6.07, 6.45) is 1.03. The average Bonchev–Trinajstić information content (AvgIpc) is 1.99. The summed E-state index contributed by atoms with van der Waals surface area (Å²) in [7, 11) is 0. The minimum atomic E-state index is -0.187. The fraction of sp³-hybridized carbons (Fsp3) is 1.00. The lowest BCUT2D eigenvalue weighted by Gasteiger charge is -2.34. The van der Waals surface area contributed by atoms with Crippen LogP contribution in [-0.4, -0.2) is 18.2 Å². The van der Waals surface area contributed by atoms with Crippen molar-refractivity contribution in [3.8, 4) is 0 Å². The lowest BCUT2D eigenvalue weighted by Crippen LogP contribution is -2.52. The zero-order chi connectivity index (χ0) is 10.5. The monoisotopic (exact) mass is 188 g/mol. The summed E-state index contributed by atoms with van der Waals surface area (Å²) in [6.45, 7) is 11.2. The Hall–Kier alpha value is -0.120. The van der Waals surface area contributed by atoms with Crippen molar-refractivity contribution in [2.45, 2.75) is 52.7 Å². The SMILES string of the molecule is CCOC(C)(C)C(CC(C)C)NN. The first-order valence-corrected chi connectivity index (χ1v) is 5.04. The van der Waals surface area contributed by atoms with Gasteiger partial charge in [-0.05, 0) is 33.1 Å². The molecule has 3 nitrogen and oxygen atoms in total. The highest BCUT2D eigenvalue weighted by atomic mass is 16.5. The van der Waals surface area contributed by atoms with Gasteiger partial charge in [0.1, 0.15) is 0 Å². The van der Waals surface area contributed by atoms with Crippen molar-refractivity contribution in [2.24, 2.45) is 11.8 Å². The van der Waals surface area contributed by atoms with E-state index in [2.05, 4.69) is 33.1 Å². The van der Waals surface area contributed by atoms with E-state index in [-0.39, 0.29) is 11.6 Å². The quantitative estimate of drug-likeness (QED) is 0.492. The molecule has 0 aromatic carbocycles. The molecule has 3 heteroatoms. The van der Waals surface area contributed by atoms with Crippen LogP contribution in [0.2, 0.25) is 0 Å². The predicted molar refractivity (Wildman–Crippen MR) is 56.3 cm³/mol. The Morgan fingerprint density at radius 2 is 1.92 bits per heavy atom. The molecule has 0 rings (SSSR count). The molecule has 0 aromatic heterocycles. The first-order chi connectivity index (χ1) is 5.94. The summed E-state index contributed by atoms with van der Waals surface area (Å²) in [5.74, 6) is 6.13. The molecular weight excluding hydrogens is 164 g/mol. The van der Waals surface area contributed by atoms with Gasteiger partial charge in [-0.15, -0.1) is 0 Å². The lowest BCUT2D eigenvalue weighted by molar-refractivity contribution is -0.0428. The van der Waals surface area contributed by atoms with Crippen LogP contribution in [0.15, 0.2) is 0 Å². The van der Waals surface area contributed by atoms with Gasteiger partial charge in [0.2, 0.25) is 0 Å². The fourth-order valence-corrected chi connectivity index (χ4v) is 1.50. The summed E-state index contributed by atoms with van der Waals surface area (Å²) < 4.78 is 5.64. The van der Waals surface area contributed by atoms with Gasteiger partial charge in [-0.1, -0.05) is 13.8 Å². The molecule has 0 amide bonds. The molecule has 80 valence electrons. The predicted octanol–water partition coefficient (Wildman–Crippen LogP) is 1.68. The molecule has 0 heterocycles. The van der Waals surface area contributed by atoms with E-state index in [1.54, 1.807) is 0 Å². The van der Waals surface area contributed by atoms with Crippen LogP contribution in [-0.2, 0) is 4.74 Å². The van der Waals surface area contributed by atoms with E-state index in [1.807, 2.05) is 6.92 Å². The molecule has 13 heavy (non-hydrogen) atoms. The number of nitrogens with one attached hydrogen (secondary N) is 1. The van der Waals surface area contributed by atoms with Gasteiger partial charge in [-0.25, -0.2) is 0 Å². The van der Waals surface area contributed by atoms with Gasteiger partial charge in [0.15, 0.2) is 0 Å². The lowest BCUT2D eigenvalue weighted by atomic mass is 9.91. The van der Waals surface area contributed by atoms with Crippen LogP contribution in [0.4, 0.5) is 0 Å². The van der Waals surface area contributed by atoms with Crippen molar-refractivity contribution in [3.63, 3.8) is 0 Å². The van der Waals surface area contributed by atoms with E-state index in [0.29, 0.717) is 5.92 Å². The van der Waals surface area contributed by atoms with Gasteiger partial charge in [-0.3, -0.25) is 11.3 Å². The minimum absolute atomic E-state index is 0.187. The third-order valence-electron chi connectivity index (χ3n) is 2.26. The zero-order valence-electron chi connectivity index (χ0n) is 9.55. The highest BCUT2D eigenvalue weighted by Gasteiger charge is 2.29. The first-order valence-electron chi connectivity index (χ1n) is 5.04. The number of ether oxygens (including phenoxy) is 1. The Kier molecular flexibility index (Phi) is 5.53. The highest BCUT2D eigenvalue weighted by Crippen LogP contribution is 2.20. The number of hydrogen-bond acceptors (Lipinski definition) is 3. The summed E-state index contributed by atoms with van der Waals surface area (Å²) in [4.78, 5) is 0. The molecule has 0 fully saturated rings. The third-order valence-corrected chi connectivity index (χ3v) is 2.26. The Morgan fingerprint density at radius 1 is 1.38 bits per heavy atom. The van der Waals surface area contributed by atoms with Crippen LogP contribution in [0, 0.1) is 5.92 Å². The molecule has 1 atom stereocenters. The largest absolute Gasteiger partial charge is 0.374 e. The molecule has 1 unspecified atom stereocenters. The van der Waals surface area contributed by atoms with E-state index < -0.39 is 0 Å². The average molecular weight is 188 g/mol. The van der Waals surface area contributed by atoms with Crippen LogP contribution in [0.3, 0.4) is 0 Å². The molecular formula is C10H24N2O. The van der Waals surface area contributed by atoms with Crippen molar-refractivity contribution in [3.05, 3.63) is 0 Å². The number of hydrazine groups is 1. The maximum Gasteiger partial charge on any atom is 0.0792 e. The van der Waals surface area contributed by atoms with Crippen LogP contribution in [0.25, 0.3) is 0 Å². The van der Waals surface area contributed by atoms with Crippen molar-refractivity contribution in [1.29, 1.82) is 0 Å². The first kappa shape index (κ1) is 12.9. The van der Waals surface area contributed by atoms with Gasteiger partial charge in [0, 0.05) is 12.6 Å². The molecule has 3 N–H and O–H groups in total. The zero-order valence-corrected chi connectivity index (χ0v) is 9.55. The molecule has 0 aromatic rings. The molecule has 0 aliphatic rings. The van der Waals surface area contributed by atoms with Crippen molar-refractivity contribution in [2.75, 3.05) is 6.61 Å². The highest BCUT2D eigenvalue weighted by molar-refractivity contribution is 4.84. The second-order valence-corrected chi connectivity index (χ2v) is 4.39. The molecule has 0 bridgehead atoms. The van der Waals surface area contributed by atoms with Crippen LogP contribution in [0.1, 0.15) is 41.0 Å². The Morgan fingerprint density at radius 3 is 2.23 bits per heavy atom. The molecule has 0 aliphatic heterocycles. The van der Waals surface area contributed by atoms with E-state index in [4.69, 9.17) is 10.6 Å². The topological polar surface area (TPSA) is 47.3 Å². The standard InChI is InChI=1S/C10H24N2O/c1-6-13-10(4,5)9(12-11)7-8(2)3/h8-9,12H,6-7,11H2,1-5H3. The molecule has 0 radical (unpaired) electrons. The second kappa shape index (κ2) is 5.58. The smallest absolute Gasteiger partial charge is 0.0792 e. The van der Waals surface area contributed by atoms with E-state index in [0.717, 1.165) is 13.0 Å². The molecule has 0 saturated heterocycles. The number of hydrogen-bond donors (Lipinski definition) is 2. The minimum Gasteiger partial charge on any atom is -0.374 e. The summed E-state index contributed by atoms with van der Waals surface area (Å²) >= 11 is 0. The Balaban J connectivity index is 4.19. The number of rotatable bonds is 6. The van der Waals surface area contributed by atoms with Crippen molar-refractivity contribution < 1.29 is 4.74 Å². The maximum atomic E-state index is 5.64. The Labute approximate surface area is 82.0 Å².